The van der Waals surface area contributed by atoms with Crippen LogP contribution in [-0.2, 0) is 11.2 Å². The van der Waals surface area contributed by atoms with Gasteiger partial charge in [-0.25, -0.2) is 15.0 Å². The van der Waals surface area contributed by atoms with E-state index in [0.29, 0.717) is 12.6 Å². The Morgan fingerprint density at radius 3 is 3.08 bits per heavy atom. The molecule has 1 aliphatic heterocycles. The molecule has 0 aromatic carbocycles. The summed E-state index contributed by atoms with van der Waals surface area (Å²) in [7, 11) is 3.81. The molecule has 1 unspecified atom stereocenters. The molecule has 2 aromatic rings. The lowest BCUT2D eigenvalue weighted by Crippen LogP contribution is -2.47. The number of piperidine rings is 1. The van der Waals surface area contributed by atoms with Crippen LogP contribution in [0.3, 0.4) is 0 Å². The van der Waals surface area contributed by atoms with Gasteiger partial charge in [-0.3, -0.25) is 0 Å². The average Bonchev–Trinajstić information content (AvgIpc) is 3.08. The Kier molecular flexibility index (Phi) is 5.57. The van der Waals surface area contributed by atoms with Gasteiger partial charge < -0.3 is 14.5 Å². The maximum absolute atomic E-state index is 5.10. The Balaban J connectivity index is 1.66. The first-order chi connectivity index (χ1) is 11.7. The predicted molar refractivity (Wildman–Crippen MR) is 95.9 cm³/mol. The Morgan fingerprint density at radius 2 is 2.29 bits per heavy atom. The van der Waals surface area contributed by atoms with Crippen molar-refractivity contribution in [3.8, 4) is 0 Å². The third-order valence-corrected chi connectivity index (χ3v) is 5.17. The molecule has 0 radical (unpaired) electrons. The monoisotopic (exact) mass is 348 g/mol. The van der Waals surface area contributed by atoms with Crippen LogP contribution in [0.2, 0.25) is 0 Å². The summed E-state index contributed by atoms with van der Waals surface area (Å²) in [6.45, 7) is 4.63. The van der Waals surface area contributed by atoms with Crippen LogP contribution >= 0.6 is 11.5 Å². The van der Waals surface area contributed by atoms with Crippen molar-refractivity contribution in [1.82, 2.24) is 19.3 Å². The van der Waals surface area contributed by atoms with Gasteiger partial charge in [-0.2, -0.15) is 4.37 Å². The summed E-state index contributed by atoms with van der Waals surface area (Å²) < 4.78 is 9.54. The lowest BCUT2D eigenvalue weighted by Gasteiger charge is -2.37. The van der Waals surface area contributed by atoms with E-state index in [1.54, 1.807) is 13.4 Å². The summed E-state index contributed by atoms with van der Waals surface area (Å²) in [5, 5.41) is 1.01. The normalized spacial score (nSPS) is 18.0. The van der Waals surface area contributed by atoms with Crippen molar-refractivity contribution in [2.45, 2.75) is 32.2 Å². The highest BCUT2D eigenvalue weighted by Gasteiger charge is 2.26. The fourth-order valence-electron chi connectivity index (χ4n) is 2.93. The summed E-state index contributed by atoms with van der Waals surface area (Å²) >= 11 is 1.48. The van der Waals surface area contributed by atoms with E-state index in [4.69, 9.17) is 4.74 Å². The van der Waals surface area contributed by atoms with Crippen molar-refractivity contribution in [2.24, 2.45) is 0 Å². The second-order valence-corrected chi connectivity index (χ2v) is 6.84. The maximum atomic E-state index is 5.10. The number of aryl methyl sites for hydroxylation is 1. The molecule has 1 fully saturated rings. The summed E-state index contributed by atoms with van der Waals surface area (Å²) in [6, 6.07) is 2.45. The Bertz CT molecular complexity index is 664. The lowest BCUT2D eigenvalue weighted by atomic mass is 10.0. The molecule has 8 heteroatoms. The van der Waals surface area contributed by atoms with Gasteiger partial charge in [-0.15, -0.1) is 0 Å². The fourth-order valence-corrected chi connectivity index (χ4v) is 3.68. The van der Waals surface area contributed by atoms with Crippen molar-refractivity contribution >= 4 is 22.5 Å². The fraction of sp³-hybridized carbons (Fsp3) is 0.625. The summed E-state index contributed by atoms with van der Waals surface area (Å²) in [6.07, 6.45) is 4.70. The molecule has 0 saturated carbocycles. The van der Waals surface area contributed by atoms with E-state index in [1.165, 1.54) is 11.5 Å². The quantitative estimate of drug-likeness (QED) is 0.790. The van der Waals surface area contributed by atoms with E-state index < -0.39 is 0 Å². The van der Waals surface area contributed by atoms with Crippen LogP contribution in [0.5, 0.6) is 0 Å². The van der Waals surface area contributed by atoms with E-state index in [2.05, 4.69) is 36.2 Å². The zero-order chi connectivity index (χ0) is 16.9. The molecule has 24 heavy (non-hydrogen) atoms. The third kappa shape index (κ3) is 3.99. The van der Waals surface area contributed by atoms with E-state index in [9.17, 15) is 0 Å². The van der Waals surface area contributed by atoms with E-state index in [1.807, 2.05) is 13.0 Å². The Hall–Kier alpha value is -1.80. The van der Waals surface area contributed by atoms with Gasteiger partial charge in [0.25, 0.3) is 0 Å². The molecular weight excluding hydrogens is 324 g/mol. The number of nitrogens with zero attached hydrogens (tertiary/aromatic N) is 6. The number of rotatable bonds is 6. The number of methoxy groups -OCH3 is 1. The topological polar surface area (TPSA) is 67.3 Å². The van der Waals surface area contributed by atoms with Gasteiger partial charge in [-0.1, -0.05) is 0 Å². The molecule has 1 aliphatic rings. The molecule has 1 saturated heterocycles. The molecule has 0 amide bonds. The molecular formula is C16H24N6OS. The molecule has 130 valence electrons. The molecule has 3 heterocycles. The van der Waals surface area contributed by atoms with Crippen LogP contribution in [0.1, 0.15) is 24.4 Å². The predicted octanol–water partition coefficient (Wildman–Crippen LogP) is 1.93. The van der Waals surface area contributed by atoms with Crippen LogP contribution in [-0.4, -0.2) is 59.2 Å². The average molecular weight is 348 g/mol. The highest BCUT2D eigenvalue weighted by Crippen LogP contribution is 2.25. The second-order valence-electron chi connectivity index (χ2n) is 6.11. The van der Waals surface area contributed by atoms with E-state index in [-0.39, 0.29) is 0 Å². The number of hydrogen-bond donors (Lipinski definition) is 0. The second kappa shape index (κ2) is 7.85. The minimum absolute atomic E-state index is 0.416. The molecule has 7 nitrogen and oxygen atoms in total. The number of likely N-dealkylation sites (N-methyl/N-ethyl adjacent to an activating group) is 1. The van der Waals surface area contributed by atoms with E-state index in [0.717, 1.165) is 54.8 Å². The van der Waals surface area contributed by atoms with Gasteiger partial charge >= 0.3 is 0 Å². The summed E-state index contributed by atoms with van der Waals surface area (Å²) in [5.41, 5.74) is 0.992. The van der Waals surface area contributed by atoms with Crippen LogP contribution < -0.4 is 9.80 Å². The van der Waals surface area contributed by atoms with Crippen LogP contribution in [0.4, 0.5) is 10.9 Å². The lowest BCUT2D eigenvalue weighted by molar-refractivity contribution is 0.201. The van der Waals surface area contributed by atoms with Crippen LogP contribution in [0, 0.1) is 6.92 Å². The number of aromatic nitrogens is 4. The standard InChI is InChI=1S/C16H24N6OS/c1-12-9-15(18-11-17-12)21(2)13-5-4-7-22(10-13)16-19-14(20-24-16)6-8-23-3/h9,11,13H,4-8,10H2,1-3H3. The summed E-state index contributed by atoms with van der Waals surface area (Å²) in [4.78, 5) is 17.8. The van der Waals surface area contributed by atoms with Crippen molar-refractivity contribution in [1.29, 1.82) is 0 Å². The molecule has 2 aromatic heterocycles. The SMILES string of the molecule is COCCc1nsc(N2CCCC(N(C)c3cc(C)ncn3)C2)n1. The minimum atomic E-state index is 0.416. The van der Waals surface area contributed by atoms with Gasteiger partial charge in [0.15, 0.2) is 0 Å². The van der Waals surface area contributed by atoms with Crippen LogP contribution in [0.15, 0.2) is 12.4 Å². The van der Waals surface area contributed by atoms with Gasteiger partial charge in [0.1, 0.15) is 18.0 Å². The van der Waals surface area contributed by atoms with Gasteiger partial charge in [0, 0.05) is 63.0 Å². The Labute approximate surface area is 146 Å². The third-order valence-electron chi connectivity index (χ3n) is 4.35. The van der Waals surface area contributed by atoms with Gasteiger partial charge in [0.05, 0.1) is 6.61 Å². The van der Waals surface area contributed by atoms with Crippen molar-refractivity contribution in [2.75, 3.05) is 43.7 Å². The molecule has 0 aliphatic carbocycles. The van der Waals surface area contributed by atoms with Crippen molar-refractivity contribution in [3.05, 3.63) is 23.9 Å². The smallest absolute Gasteiger partial charge is 0.205 e. The highest BCUT2D eigenvalue weighted by atomic mass is 32.1. The molecule has 1 atom stereocenters. The van der Waals surface area contributed by atoms with Gasteiger partial charge in [-0.05, 0) is 19.8 Å². The first kappa shape index (κ1) is 17.0. The molecule has 0 N–H and O–H groups in total. The maximum Gasteiger partial charge on any atom is 0.205 e. The Morgan fingerprint density at radius 1 is 1.42 bits per heavy atom. The highest BCUT2D eigenvalue weighted by molar-refractivity contribution is 7.09. The molecule has 3 rings (SSSR count). The summed E-state index contributed by atoms with van der Waals surface area (Å²) in [5.74, 6) is 1.85. The minimum Gasteiger partial charge on any atom is -0.384 e. The molecule has 0 bridgehead atoms. The first-order valence-electron chi connectivity index (χ1n) is 8.25. The largest absolute Gasteiger partial charge is 0.384 e. The number of hydrogen-bond acceptors (Lipinski definition) is 8. The van der Waals surface area contributed by atoms with E-state index >= 15 is 0 Å². The zero-order valence-corrected chi connectivity index (χ0v) is 15.3. The zero-order valence-electron chi connectivity index (χ0n) is 14.5. The van der Waals surface area contributed by atoms with Crippen molar-refractivity contribution in [3.63, 3.8) is 0 Å². The number of anilines is 2. The molecule has 0 spiro atoms. The van der Waals surface area contributed by atoms with Crippen molar-refractivity contribution < 1.29 is 4.74 Å². The van der Waals surface area contributed by atoms with Gasteiger partial charge in [0.2, 0.25) is 5.13 Å². The first-order valence-corrected chi connectivity index (χ1v) is 9.02. The van der Waals surface area contributed by atoms with Crippen LogP contribution in [0.25, 0.3) is 0 Å². The number of ether oxygens (including phenoxy) is 1.